The highest BCUT2D eigenvalue weighted by Crippen LogP contribution is 2.15. The van der Waals surface area contributed by atoms with Crippen LogP contribution >= 0.6 is 0 Å². The van der Waals surface area contributed by atoms with Crippen LogP contribution in [0.1, 0.15) is 30.9 Å². The largest absolute Gasteiger partial charge is 0.392 e. The first-order chi connectivity index (χ1) is 11.2. The molecule has 0 spiro atoms. The van der Waals surface area contributed by atoms with Crippen LogP contribution in [0, 0.1) is 5.82 Å². The number of nitrogens with zero attached hydrogens (tertiary/aromatic N) is 2. The molecule has 1 aliphatic heterocycles. The van der Waals surface area contributed by atoms with Gasteiger partial charge in [-0.25, -0.2) is 4.39 Å². The van der Waals surface area contributed by atoms with Crippen molar-refractivity contribution in [3.05, 3.63) is 35.1 Å². The highest BCUT2D eigenvalue weighted by Gasteiger charge is 2.22. The van der Waals surface area contributed by atoms with Gasteiger partial charge in [0.2, 0.25) is 0 Å². The van der Waals surface area contributed by atoms with Gasteiger partial charge in [-0.2, -0.15) is 0 Å². The van der Waals surface area contributed by atoms with Gasteiger partial charge < -0.3 is 15.7 Å². The van der Waals surface area contributed by atoms with Crippen LogP contribution in [-0.4, -0.2) is 48.7 Å². The van der Waals surface area contributed by atoms with Gasteiger partial charge in [0, 0.05) is 31.7 Å². The molecule has 6 heteroatoms. The molecule has 1 heterocycles. The van der Waals surface area contributed by atoms with Crippen molar-refractivity contribution in [2.24, 2.45) is 4.99 Å². The summed E-state index contributed by atoms with van der Waals surface area (Å²) < 4.78 is 13.4. The summed E-state index contributed by atoms with van der Waals surface area (Å²) in [6.07, 6.45) is 2.47. The number of benzene rings is 1. The van der Waals surface area contributed by atoms with Gasteiger partial charge in [0.1, 0.15) is 5.82 Å². The van der Waals surface area contributed by atoms with Gasteiger partial charge in [-0.1, -0.05) is 13.0 Å². The molecule has 128 valence electrons. The molecule has 1 aromatic rings. The number of nitrogens with one attached hydrogen (secondary N) is 2. The number of aliphatic imine (C=N–C) groups is 1. The summed E-state index contributed by atoms with van der Waals surface area (Å²) in [5.41, 5.74) is 1.23. The van der Waals surface area contributed by atoms with Crippen molar-refractivity contribution in [1.29, 1.82) is 0 Å². The molecule has 1 fully saturated rings. The van der Waals surface area contributed by atoms with Crippen molar-refractivity contribution in [3.63, 3.8) is 0 Å². The molecule has 5 nitrogen and oxygen atoms in total. The van der Waals surface area contributed by atoms with Gasteiger partial charge in [0.15, 0.2) is 5.96 Å². The summed E-state index contributed by atoms with van der Waals surface area (Å²) in [5.74, 6) is 0.363. The van der Waals surface area contributed by atoms with Crippen molar-refractivity contribution < 1.29 is 9.50 Å². The highest BCUT2D eigenvalue weighted by molar-refractivity contribution is 5.79. The number of aliphatic hydroxyl groups is 1. The topological polar surface area (TPSA) is 59.9 Å². The molecule has 0 saturated carbocycles. The monoisotopic (exact) mass is 322 g/mol. The van der Waals surface area contributed by atoms with Crippen LogP contribution in [0.3, 0.4) is 0 Å². The molecule has 1 atom stereocenters. The molecule has 0 amide bonds. The van der Waals surface area contributed by atoms with Gasteiger partial charge in [-0.3, -0.25) is 9.89 Å². The van der Waals surface area contributed by atoms with Crippen molar-refractivity contribution in [2.75, 3.05) is 26.7 Å². The Hall–Kier alpha value is -1.66. The maximum Gasteiger partial charge on any atom is 0.191 e. The van der Waals surface area contributed by atoms with E-state index in [9.17, 15) is 4.39 Å². The van der Waals surface area contributed by atoms with E-state index in [1.54, 1.807) is 19.2 Å². The standard InChI is InChI=1S/C17H27FN4O/c1-3-22-8-4-5-15(22)11-21-17(19-2)20-10-13-6-7-16(18)14(9-13)12-23/h6-7,9,15,23H,3-5,8,10-12H2,1-2H3,(H2,19,20,21). The van der Waals surface area contributed by atoms with Gasteiger partial charge >= 0.3 is 0 Å². The van der Waals surface area contributed by atoms with Gasteiger partial charge in [-0.05, 0) is 43.6 Å². The molecule has 3 N–H and O–H groups in total. The smallest absolute Gasteiger partial charge is 0.191 e. The second-order valence-corrected chi connectivity index (χ2v) is 5.82. The van der Waals surface area contributed by atoms with Crippen LogP contribution in [0.25, 0.3) is 0 Å². The van der Waals surface area contributed by atoms with Gasteiger partial charge in [-0.15, -0.1) is 0 Å². The second kappa shape index (κ2) is 8.84. The second-order valence-electron chi connectivity index (χ2n) is 5.82. The molecule has 1 saturated heterocycles. The number of guanidine groups is 1. The van der Waals surface area contributed by atoms with Crippen LogP contribution < -0.4 is 10.6 Å². The van der Waals surface area contributed by atoms with E-state index in [1.807, 2.05) is 0 Å². The van der Waals surface area contributed by atoms with E-state index >= 15 is 0 Å². The molecule has 1 aliphatic rings. The summed E-state index contributed by atoms with van der Waals surface area (Å²) >= 11 is 0. The number of halogens is 1. The average Bonchev–Trinajstić information content (AvgIpc) is 3.03. The molecule has 0 aromatic heterocycles. The predicted octanol–water partition coefficient (Wildman–Crippen LogP) is 1.47. The molecule has 23 heavy (non-hydrogen) atoms. The van der Waals surface area contributed by atoms with Gasteiger partial charge in [0.25, 0.3) is 0 Å². The molecule has 0 bridgehead atoms. The van der Waals surface area contributed by atoms with Crippen molar-refractivity contribution in [3.8, 4) is 0 Å². The third-order valence-corrected chi connectivity index (χ3v) is 4.37. The number of likely N-dealkylation sites (N-methyl/N-ethyl adjacent to an activating group) is 1. The molecule has 2 rings (SSSR count). The Morgan fingerprint density at radius 3 is 2.96 bits per heavy atom. The van der Waals surface area contributed by atoms with E-state index < -0.39 is 0 Å². The Bertz CT molecular complexity index is 535. The molecule has 0 radical (unpaired) electrons. The van der Waals surface area contributed by atoms with Crippen molar-refractivity contribution >= 4 is 5.96 Å². The average molecular weight is 322 g/mol. The van der Waals surface area contributed by atoms with Crippen LogP contribution in [-0.2, 0) is 13.2 Å². The van der Waals surface area contributed by atoms with E-state index in [4.69, 9.17) is 5.11 Å². The predicted molar refractivity (Wildman–Crippen MR) is 90.8 cm³/mol. The van der Waals surface area contributed by atoms with E-state index in [2.05, 4.69) is 27.4 Å². The van der Waals surface area contributed by atoms with E-state index in [-0.39, 0.29) is 12.4 Å². The summed E-state index contributed by atoms with van der Waals surface area (Å²) in [6, 6.07) is 5.33. The SMILES string of the molecule is CCN1CCCC1CNC(=NC)NCc1ccc(F)c(CO)c1. The minimum atomic E-state index is -0.375. The van der Waals surface area contributed by atoms with Crippen molar-refractivity contribution in [1.82, 2.24) is 15.5 Å². The zero-order chi connectivity index (χ0) is 16.7. The van der Waals surface area contributed by atoms with Crippen LogP contribution in [0.4, 0.5) is 4.39 Å². The Morgan fingerprint density at radius 2 is 2.26 bits per heavy atom. The summed E-state index contributed by atoms with van der Waals surface area (Å²) in [4.78, 5) is 6.71. The van der Waals surface area contributed by atoms with Crippen LogP contribution in [0.2, 0.25) is 0 Å². The zero-order valence-corrected chi connectivity index (χ0v) is 14.0. The van der Waals surface area contributed by atoms with Crippen LogP contribution in [0.15, 0.2) is 23.2 Å². The fourth-order valence-electron chi connectivity index (χ4n) is 3.02. The molecular weight excluding hydrogens is 295 g/mol. The van der Waals surface area contributed by atoms with E-state index in [0.29, 0.717) is 18.2 Å². The Balaban J connectivity index is 1.83. The lowest BCUT2D eigenvalue weighted by Crippen LogP contribution is -2.44. The number of aliphatic hydroxyl groups excluding tert-OH is 1. The zero-order valence-electron chi connectivity index (χ0n) is 14.0. The maximum atomic E-state index is 13.4. The minimum absolute atomic E-state index is 0.290. The fourth-order valence-corrected chi connectivity index (χ4v) is 3.02. The first kappa shape index (κ1) is 17.7. The first-order valence-electron chi connectivity index (χ1n) is 8.24. The maximum absolute atomic E-state index is 13.4. The normalized spacial score (nSPS) is 19.1. The molecule has 0 aliphatic carbocycles. The third-order valence-electron chi connectivity index (χ3n) is 4.37. The van der Waals surface area contributed by atoms with Crippen molar-refractivity contribution in [2.45, 2.75) is 39.0 Å². The summed E-state index contributed by atoms with van der Waals surface area (Å²) in [6.45, 7) is 5.57. The number of hydrogen-bond donors (Lipinski definition) is 3. The third kappa shape index (κ3) is 4.91. The number of likely N-dealkylation sites (tertiary alicyclic amines) is 1. The Labute approximate surface area is 137 Å². The minimum Gasteiger partial charge on any atom is -0.392 e. The number of rotatable bonds is 6. The van der Waals surface area contributed by atoms with Gasteiger partial charge in [0.05, 0.1) is 6.61 Å². The lowest BCUT2D eigenvalue weighted by Gasteiger charge is -2.24. The van der Waals surface area contributed by atoms with E-state index in [1.165, 1.54) is 25.5 Å². The summed E-state index contributed by atoms with van der Waals surface area (Å²) in [7, 11) is 1.74. The molecular formula is C17H27FN4O. The molecule has 1 aromatic carbocycles. The quantitative estimate of drug-likeness (QED) is 0.548. The molecule has 1 unspecified atom stereocenters. The lowest BCUT2D eigenvalue weighted by atomic mass is 10.1. The van der Waals surface area contributed by atoms with Crippen LogP contribution in [0.5, 0.6) is 0 Å². The Kier molecular flexibility index (Phi) is 6.80. The number of hydrogen-bond acceptors (Lipinski definition) is 3. The first-order valence-corrected chi connectivity index (χ1v) is 8.24. The fraction of sp³-hybridized carbons (Fsp3) is 0.588. The Morgan fingerprint density at radius 1 is 1.43 bits per heavy atom. The summed E-state index contributed by atoms with van der Waals surface area (Å²) in [5, 5.41) is 15.7. The lowest BCUT2D eigenvalue weighted by molar-refractivity contribution is 0.267. The van der Waals surface area contributed by atoms with E-state index in [0.717, 1.165) is 24.6 Å². The highest BCUT2D eigenvalue weighted by atomic mass is 19.1.